The monoisotopic (exact) mass is 219 g/mol. The number of rotatable bonds is 2. The molecule has 76 valence electrons. The van der Waals surface area contributed by atoms with Crippen molar-refractivity contribution in [2.24, 2.45) is 0 Å². The minimum absolute atomic E-state index is 0.251. The van der Waals surface area contributed by atoms with E-state index in [1.807, 2.05) is 30.3 Å². The van der Waals surface area contributed by atoms with Gasteiger partial charge in [0.25, 0.3) is 0 Å². The van der Waals surface area contributed by atoms with Crippen LogP contribution in [-0.2, 0) is 0 Å². The summed E-state index contributed by atoms with van der Waals surface area (Å²) in [5, 5.41) is 9.31. The maximum absolute atomic E-state index is 9.31. The maximum atomic E-state index is 9.31. The molecule has 0 aliphatic rings. The molecule has 2 rings (SSSR count). The van der Waals surface area contributed by atoms with E-state index in [0.717, 1.165) is 4.73 Å². The molecule has 15 heavy (non-hydrogen) atoms. The second-order valence-corrected chi connectivity index (χ2v) is 3.32. The summed E-state index contributed by atoms with van der Waals surface area (Å²) >= 11 is 4.98. The van der Waals surface area contributed by atoms with Crippen LogP contribution in [0.4, 0.5) is 0 Å². The summed E-state index contributed by atoms with van der Waals surface area (Å²) in [4.78, 5) is 0. The number of pyridine rings is 1. The van der Waals surface area contributed by atoms with Crippen LogP contribution in [0, 0.1) is 4.64 Å². The first-order valence-electron chi connectivity index (χ1n) is 4.41. The largest absolute Gasteiger partial charge is 0.454 e. The van der Waals surface area contributed by atoms with Crippen LogP contribution in [0.5, 0.6) is 11.5 Å². The van der Waals surface area contributed by atoms with E-state index in [1.54, 1.807) is 12.1 Å². The van der Waals surface area contributed by atoms with Gasteiger partial charge < -0.3 is 9.94 Å². The highest BCUT2D eigenvalue weighted by molar-refractivity contribution is 7.71. The van der Waals surface area contributed by atoms with Gasteiger partial charge in [0.15, 0.2) is 10.4 Å². The predicted octanol–water partition coefficient (Wildman–Crippen LogP) is 3.25. The molecule has 0 unspecified atom stereocenters. The molecule has 3 nitrogen and oxygen atoms in total. The van der Waals surface area contributed by atoms with Crippen LogP contribution in [0.2, 0.25) is 0 Å². The Labute approximate surface area is 92.1 Å². The molecule has 0 saturated heterocycles. The minimum Gasteiger partial charge on any atom is -0.454 e. The normalized spacial score (nSPS) is 9.87. The van der Waals surface area contributed by atoms with Gasteiger partial charge in [-0.3, -0.25) is 0 Å². The topological polar surface area (TPSA) is 34.4 Å². The molecule has 4 heteroatoms. The van der Waals surface area contributed by atoms with Crippen molar-refractivity contribution < 1.29 is 9.94 Å². The lowest BCUT2D eigenvalue weighted by Gasteiger charge is -2.06. The molecule has 0 aliphatic carbocycles. The Hall–Kier alpha value is -1.81. The van der Waals surface area contributed by atoms with Gasteiger partial charge in [-0.1, -0.05) is 30.4 Å². The van der Waals surface area contributed by atoms with E-state index >= 15 is 0 Å². The zero-order valence-electron chi connectivity index (χ0n) is 7.83. The maximum Gasteiger partial charge on any atom is 0.184 e. The van der Waals surface area contributed by atoms with Crippen LogP contribution in [0.1, 0.15) is 0 Å². The third kappa shape index (κ3) is 2.16. The van der Waals surface area contributed by atoms with Crippen molar-refractivity contribution in [3.8, 4) is 11.5 Å². The van der Waals surface area contributed by atoms with Crippen molar-refractivity contribution in [3.05, 3.63) is 53.3 Å². The standard InChI is InChI=1S/C11H9NO2S/c13-12-8-4-7-10(11(12)15)14-9-5-2-1-3-6-9/h1-8,13H. The number of ether oxygens (including phenoxy) is 1. The molecule has 0 spiro atoms. The highest BCUT2D eigenvalue weighted by Gasteiger charge is 2.00. The Balaban J connectivity index is 2.33. The fourth-order valence-electron chi connectivity index (χ4n) is 1.16. The fourth-order valence-corrected chi connectivity index (χ4v) is 1.33. The van der Waals surface area contributed by atoms with E-state index in [4.69, 9.17) is 17.0 Å². The highest BCUT2D eigenvalue weighted by atomic mass is 32.1. The second kappa shape index (κ2) is 4.14. The predicted molar refractivity (Wildman–Crippen MR) is 59.0 cm³/mol. The summed E-state index contributed by atoms with van der Waals surface area (Å²) in [6.07, 6.45) is 1.46. The molecular formula is C11H9NO2S. The van der Waals surface area contributed by atoms with Crippen molar-refractivity contribution in [2.45, 2.75) is 0 Å². The molecule has 0 bridgehead atoms. The Morgan fingerprint density at radius 1 is 1.07 bits per heavy atom. The van der Waals surface area contributed by atoms with Crippen molar-refractivity contribution >= 4 is 12.2 Å². The Morgan fingerprint density at radius 3 is 2.53 bits per heavy atom. The van der Waals surface area contributed by atoms with E-state index in [0.29, 0.717) is 11.5 Å². The van der Waals surface area contributed by atoms with Gasteiger partial charge >= 0.3 is 0 Å². The molecule has 0 radical (unpaired) electrons. The first kappa shape index (κ1) is 9.73. The van der Waals surface area contributed by atoms with Gasteiger partial charge in [0.2, 0.25) is 0 Å². The van der Waals surface area contributed by atoms with Gasteiger partial charge in [-0.2, -0.15) is 4.73 Å². The number of nitrogens with zero attached hydrogens (tertiary/aromatic N) is 1. The molecule has 0 atom stereocenters. The van der Waals surface area contributed by atoms with Crippen molar-refractivity contribution in [1.82, 2.24) is 4.73 Å². The molecule has 1 aromatic carbocycles. The lowest BCUT2D eigenvalue weighted by atomic mass is 10.3. The summed E-state index contributed by atoms with van der Waals surface area (Å²) < 4.78 is 6.61. The lowest BCUT2D eigenvalue weighted by molar-refractivity contribution is 0.177. The van der Waals surface area contributed by atoms with Gasteiger partial charge in [0.1, 0.15) is 5.75 Å². The molecule has 0 saturated carbocycles. The summed E-state index contributed by atoms with van der Waals surface area (Å²) in [6.45, 7) is 0. The zero-order valence-corrected chi connectivity index (χ0v) is 8.65. The number of benzene rings is 1. The fraction of sp³-hybridized carbons (Fsp3) is 0. The van der Waals surface area contributed by atoms with E-state index in [1.165, 1.54) is 6.20 Å². The third-order valence-corrected chi connectivity index (χ3v) is 2.25. The van der Waals surface area contributed by atoms with Crippen LogP contribution in [0.15, 0.2) is 48.7 Å². The summed E-state index contributed by atoms with van der Waals surface area (Å²) in [6, 6.07) is 12.7. The SMILES string of the molecule is On1cccc(Oc2ccccc2)c1=S. The molecule has 0 aliphatic heterocycles. The first-order chi connectivity index (χ1) is 7.27. The van der Waals surface area contributed by atoms with E-state index in [2.05, 4.69) is 0 Å². The van der Waals surface area contributed by atoms with Crippen LogP contribution in [0.3, 0.4) is 0 Å². The number of hydrogen-bond acceptors (Lipinski definition) is 3. The summed E-state index contributed by atoms with van der Waals surface area (Å²) in [5.41, 5.74) is 0. The number of para-hydroxylation sites is 1. The van der Waals surface area contributed by atoms with Gasteiger partial charge in [-0.05, 0) is 24.3 Å². The zero-order chi connectivity index (χ0) is 10.7. The second-order valence-electron chi connectivity index (χ2n) is 2.94. The Bertz CT molecular complexity index is 507. The van der Waals surface area contributed by atoms with E-state index in [-0.39, 0.29) is 4.64 Å². The first-order valence-corrected chi connectivity index (χ1v) is 4.82. The minimum atomic E-state index is 0.251. The van der Waals surface area contributed by atoms with Gasteiger partial charge in [-0.15, -0.1) is 0 Å². The smallest absolute Gasteiger partial charge is 0.184 e. The molecule has 1 aromatic heterocycles. The van der Waals surface area contributed by atoms with Crippen molar-refractivity contribution in [2.75, 3.05) is 0 Å². The summed E-state index contributed by atoms with van der Waals surface area (Å²) in [7, 11) is 0. The summed E-state index contributed by atoms with van der Waals surface area (Å²) in [5.74, 6) is 1.15. The lowest BCUT2D eigenvalue weighted by Crippen LogP contribution is -1.95. The van der Waals surface area contributed by atoms with Crippen molar-refractivity contribution in [3.63, 3.8) is 0 Å². The number of aromatic nitrogens is 1. The van der Waals surface area contributed by atoms with Gasteiger partial charge in [0, 0.05) is 6.20 Å². The van der Waals surface area contributed by atoms with E-state index in [9.17, 15) is 5.21 Å². The van der Waals surface area contributed by atoms with E-state index < -0.39 is 0 Å². The molecular weight excluding hydrogens is 210 g/mol. The van der Waals surface area contributed by atoms with Crippen LogP contribution in [0.25, 0.3) is 0 Å². The quantitative estimate of drug-likeness (QED) is 0.622. The third-order valence-electron chi connectivity index (χ3n) is 1.86. The average Bonchev–Trinajstić information content (AvgIpc) is 2.26. The molecule has 1 N–H and O–H groups in total. The van der Waals surface area contributed by atoms with Crippen LogP contribution < -0.4 is 4.74 Å². The molecule has 1 heterocycles. The Kier molecular flexibility index (Phi) is 2.69. The number of hydrogen-bond donors (Lipinski definition) is 1. The Morgan fingerprint density at radius 2 is 1.80 bits per heavy atom. The molecule has 0 fully saturated rings. The van der Waals surface area contributed by atoms with Gasteiger partial charge in [0.05, 0.1) is 0 Å². The average molecular weight is 219 g/mol. The molecule has 2 aromatic rings. The molecule has 0 amide bonds. The van der Waals surface area contributed by atoms with Crippen LogP contribution in [-0.4, -0.2) is 9.94 Å². The van der Waals surface area contributed by atoms with Gasteiger partial charge in [-0.25, -0.2) is 0 Å². The van der Waals surface area contributed by atoms with Crippen LogP contribution >= 0.6 is 12.2 Å². The van der Waals surface area contributed by atoms with Crippen molar-refractivity contribution in [1.29, 1.82) is 0 Å². The highest BCUT2D eigenvalue weighted by Crippen LogP contribution is 2.21.